The molecule has 0 unspecified atom stereocenters. The standard InChI is InChI=1S/C21H18N2O2/c1-23-13-18(17-11-12-22-20(17)21(23)25)19(24)10-9-15-7-4-6-14-5-2-3-8-16(14)15/h2-8,11-13,22H,9-10H2,1H3. The van der Waals surface area contributed by atoms with E-state index >= 15 is 0 Å². The molecule has 0 atom stereocenters. The maximum absolute atomic E-state index is 12.8. The molecule has 1 N–H and O–H groups in total. The molecule has 0 aliphatic carbocycles. The quantitative estimate of drug-likeness (QED) is 0.578. The minimum atomic E-state index is -0.120. The summed E-state index contributed by atoms with van der Waals surface area (Å²) in [6.45, 7) is 0. The molecule has 4 rings (SSSR count). The number of hydrogen-bond acceptors (Lipinski definition) is 2. The van der Waals surface area contributed by atoms with Crippen LogP contribution in [0, 0.1) is 0 Å². The van der Waals surface area contributed by atoms with Crippen LogP contribution in [0.15, 0.2) is 65.7 Å². The van der Waals surface area contributed by atoms with Crippen LogP contribution >= 0.6 is 0 Å². The van der Waals surface area contributed by atoms with Gasteiger partial charge in [-0.25, -0.2) is 0 Å². The third-order valence-electron chi connectivity index (χ3n) is 4.70. The average Bonchev–Trinajstić information content (AvgIpc) is 3.12. The third kappa shape index (κ3) is 2.66. The largest absolute Gasteiger partial charge is 0.357 e. The van der Waals surface area contributed by atoms with Crippen LogP contribution in [0.1, 0.15) is 22.3 Å². The highest BCUT2D eigenvalue weighted by atomic mass is 16.1. The fourth-order valence-electron chi connectivity index (χ4n) is 3.38. The van der Waals surface area contributed by atoms with E-state index in [-0.39, 0.29) is 11.3 Å². The minimum absolute atomic E-state index is 0.0492. The Kier molecular flexibility index (Phi) is 3.73. The summed E-state index contributed by atoms with van der Waals surface area (Å²) in [5.41, 5.74) is 2.13. The van der Waals surface area contributed by atoms with Crippen LogP contribution in [0.5, 0.6) is 0 Å². The lowest BCUT2D eigenvalue weighted by Gasteiger charge is -2.08. The number of carbonyl (C=O) groups excluding carboxylic acids is 1. The van der Waals surface area contributed by atoms with Gasteiger partial charge >= 0.3 is 0 Å². The molecular weight excluding hydrogens is 312 g/mol. The summed E-state index contributed by atoms with van der Waals surface area (Å²) in [7, 11) is 1.67. The van der Waals surface area contributed by atoms with E-state index in [9.17, 15) is 9.59 Å². The highest BCUT2D eigenvalue weighted by molar-refractivity contribution is 6.07. The molecule has 124 valence electrons. The molecule has 0 amide bonds. The number of Topliss-reactive ketones (excluding diaryl/α,β-unsaturated/α-hetero) is 1. The SMILES string of the molecule is Cn1cc(C(=O)CCc2cccc3ccccc23)c2cc[nH]c2c1=O. The summed E-state index contributed by atoms with van der Waals surface area (Å²) in [5, 5.41) is 3.07. The number of nitrogens with one attached hydrogen (secondary N) is 1. The molecule has 0 aliphatic heterocycles. The molecule has 4 nitrogen and oxygen atoms in total. The molecule has 0 bridgehead atoms. The molecule has 2 aromatic carbocycles. The van der Waals surface area contributed by atoms with E-state index in [0.717, 1.165) is 0 Å². The van der Waals surface area contributed by atoms with Gasteiger partial charge in [0.1, 0.15) is 5.52 Å². The van der Waals surface area contributed by atoms with E-state index in [1.54, 1.807) is 25.5 Å². The number of rotatable bonds is 4. The summed E-state index contributed by atoms with van der Waals surface area (Å²) >= 11 is 0. The number of aryl methyl sites for hydroxylation is 2. The van der Waals surface area contributed by atoms with Crippen molar-refractivity contribution in [1.82, 2.24) is 9.55 Å². The van der Waals surface area contributed by atoms with Crippen LogP contribution in [0.4, 0.5) is 0 Å². The van der Waals surface area contributed by atoms with Crippen molar-refractivity contribution in [3.63, 3.8) is 0 Å². The van der Waals surface area contributed by atoms with Crippen LogP contribution < -0.4 is 5.56 Å². The second-order valence-electron chi connectivity index (χ2n) is 6.29. The van der Waals surface area contributed by atoms with Crippen LogP contribution in [-0.4, -0.2) is 15.3 Å². The van der Waals surface area contributed by atoms with Crippen molar-refractivity contribution in [1.29, 1.82) is 0 Å². The number of aromatic nitrogens is 2. The smallest absolute Gasteiger partial charge is 0.274 e. The predicted octanol–water partition coefficient (Wildman–Crippen LogP) is 3.84. The number of benzene rings is 2. The first-order valence-electron chi connectivity index (χ1n) is 8.32. The Labute approximate surface area is 144 Å². The van der Waals surface area contributed by atoms with Gasteiger partial charge in [0.25, 0.3) is 5.56 Å². The van der Waals surface area contributed by atoms with Crippen LogP contribution in [-0.2, 0) is 13.5 Å². The van der Waals surface area contributed by atoms with Crippen molar-refractivity contribution in [3.8, 4) is 0 Å². The number of carbonyl (C=O) groups is 1. The van der Waals surface area contributed by atoms with E-state index in [1.807, 2.05) is 18.2 Å². The van der Waals surface area contributed by atoms with Crippen LogP contribution in [0.2, 0.25) is 0 Å². The highest BCUT2D eigenvalue weighted by Gasteiger charge is 2.15. The van der Waals surface area contributed by atoms with Crippen molar-refractivity contribution in [2.24, 2.45) is 7.05 Å². The first kappa shape index (κ1) is 15.4. The zero-order valence-electron chi connectivity index (χ0n) is 14.0. The van der Waals surface area contributed by atoms with Crippen molar-refractivity contribution < 1.29 is 4.79 Å². The van der Waals surface area contributed by atoms with Gasteiger partial charge in [-0.15, -0.1) is 0 Å². The van der Waals surface area contributed by atoms with Gasteiger partial charge in [-0.1, -0.05) is 42.5 Å². The first-order chi connectivity index (χ1) is 12.1. The maximum atomic E-state index is 12.8. The Bertz CT molecular complexity index is 1150. The fraction of sp³-hybridized carbons (Fsp3) is 0.143. The Morgan fingerprint density at radius 1 is 1.04 bits per heavy atom. The number of pyridine rings is 1. The normalized spacial score (nSPS) is 11.2. The van der Waals surface area contributed by atoms with E-state index in [1.165, 1.54) is 20.9 Å². The molecular formula is C21H18N2O2. The zero-order valence-corrected chi connectivity index (χ0v) is 14.0. The van der Waals surface area contributed by atoms with Gasteiger partial charge in [0.15, 0.2) is 5.78 Å². The van der Waals surface area contributed by atoms with E-state index in [0.29, 0.717) is 29.3 Å². The lowest BCUT2D eigenvalue weighted by Crippen LogP contribution is -2.19. The Balaban J connectivity index is 1.66. The van der Waals surface area contributed by atoms with Gasteiger partial charge in [0.2, 0.25) is 0 Å². The average molecular weight is 330 g/mol. The second kappa shape index (κ2) is 6.06. The number of hydrogen-bond donors (Lipinski definition) is 1. The van der Waals surface area contributed by atoms with Gasteiger partial charge in [0.05, 0.1) is 0 Å². The molecule has 0 aliphatic rings. The molecule has 0 radical (unpaired) electrons. The summed E-state index contributed by atoms with van der Waals surface area (Å²) in [6.07, 6.45) is 4.43. The fourth-order valence-corrected chi connectivity index (χ4v) is 3.38. The summed E-state index contributed by atoms with van der Waals surface area (Å²) < 4.78 is 1.46. The number of ketones is 1. The van der Waals surface area contributed by atoms with Crippen LogP contribution in [0.3, 0.4) is 0 Å². The number of fused-ring (bicyclic) bond motifs is 2. The van der Waals surface area contributed by atoms with Gasteiger partial charge < -0.3 is 9.55 Å². The Morgan fingerprint density at radius 2 is 1.84 bits per heavy atom. The first-order valence-corrected chi connectivity index (χ1v) is 8.32. The van der Waals surface area contributed by atoms with E-state index in [2.05, 4.69) is 29.2 Å². The van der Waals surface area contributed by atoms with Crippen molar-refractivity contribution >= 4 is 27.5 Å². The highest BCUT2D eigenvalue weighted by Crippen LogP contribution is 2.22. The monoisotopic (exact) mass is 330 g/mol. The van der Waals surface area contributed by atoms with Gasteiger partial charge in [-0.2, -0.15) is 0 Å². The predicted molar refractivity (Wildman–Crippen MR) is 100 cm³/mol. The van der Waals surface area contributed by atoms with Crippen molar-refractivity contribution in [2.75, 3.05) is 0 Å². The van der Waals surface area contributed by atoms with Crippen molar-refractivity contribution in [2.45, 2.75) is 12.8 Å². The van der Waals surface area contributed by atoms with Gasteiger partial charge in [-0.05, 0) is 28.8 Å². The van der Waals surface area contributed by atoms with Crippen LogP contribution in [0.25, 0.3) is 21.7 Å². The van der Waals surface area contributed by atoms with Gasteiger partial charge in [0, 0.05) is 36.8 Å². The molecule has 0 saturated carbocycles. The van der Waals surface area contributed by atoms with E-state index in [4.69, 9.17) is 0 Å². The second-order valence-corrected chi connectivity index (χ2v) is 6.29. The lowest BCUT2D eigenvalue weighted by atomic mass is 9.97. The van der Waals surface area contributed by atoms with Gasteiger partial charge in [-0.3, -0.25) is 9.59 Å². The molecule has 4 heteroatoms. The lowest BCUT2D eigenvalue weighted by molar-refractivity contribution is 0.0984. The topological polar surface area (TPSA) is 54.9 Å². The summed E-state index contributed by atoms with van der Waals surface area (Å²) in [6, 6.07) is 16.2. The van der Waals surface area contributed by atoms with Crippen molar-refractivity contribution in [3.05, 3.63) is 82.4 Å². The molecule has 2 heterocycles. The molecule has 25 heavy (non-hydrogen) atoms. The zero-order chi connectivity index (χ0) is 17.4. The number of aromatic amines is 1. The minimum Gasteiger partial charge on any atom is -0.357 e. The Morgan fingerprint density at radius 3 is 2.72 bits per heavy atom. The maximum Gasteiger partial charge on any atom is 0.274 e. The molecule has 0 spiro atoms. The summed E-state index contributed by atoms with van der Waals surface area (Å²) in [5.74, 6) is 0.0492. The summed E-state index contributed by atoms with van der Waals surface area (Å²) in [4.78, 5) is 27.8. The third-order valence-corrected chi connectivity index (χ3v) is 4.70. The molecule has 4 aromatic rings. The Hall–Kier alpha value is -3.14. The molecule has 2 aromatic heterocycles. The number of H-pyrrole nitrogens is 1. The van der Waals surface area contributed by atoms with E-state index < -0.39 is 0 Å². The molecule has 0 fully saturated rings. The number of nitrogens with zero attached hydrogens (tertiary/aromatic N) is 1. The molecule has 0 saturated heterocycles.